The molecule has 0 unspecified atom stereocenters. The molecule has 0 fully saturated rings. The highest BCUT2D eigenvalue weighted by atomic mass is 16.5. The number of methoxy groups -OCH3 is 1. The van der Waals surface area contributed by atoms with E-state index in [0.717, 1.165) is 11.1 Å². The van der Waals surface area contributed by atoms with Crippen molar-refractivity contribution in [2.24, 2.45) is 0 Å². The molecule has 2 aromatic heterocycles. The fraction of sp³-hybridized carbons (Fsp3) is 0.115. The van der Waals surface area contributed by atoms with Crippen LogP contribution in [0, 0.1) is 13.8 Å². The first-order valence-corrected chi connectivity index (χ1v) is 10.3. The Balaban J connectivity index is 1.76. The van der Waals surface area contributed by atoms with Crippen LogP contribution in [-0.4, -0.2) is 33.9 Å². The number of hydrogen-bond donors (Lipinski definition) is 2. The molecule has 4 aromatic rings. The Morgan fingerprint density at radius 2 is 1.76 bits per heavy atom. The van der Waals surface area contributed by atoms with Gasteiger partial charge in [0.25, 0.3) is 5.56 Å². The Kier molecular flexibility index (Phi) is 5.81. The third kappa shape index (κ3) is 4.09. The Labute approximate surface area is 194 Å². The van der Waals surface area contributed by atoms with E-state index < -0.39 is 11.9 Å². The summed E-state index contributed by atoms with van der Waals surface area (Å²) in [6, 6.07) is 12.9. The number of ether oxygens (including phenoxy) is 1. The van der Waals surface area contributed by atoms with Crippen molar-refractivity contribution < 1.29 is 23.8 Å². The highest BCUT2D eigenvalue weighted by Crippen LogP contribution is 2.29. The van der Waals surface area contributed by atoms with Crippen molar-refractivity contribution in [3.05, 3.63) is 97.5 Å². The summed E-state index contributed by atoms with van der Waals surface area (Å²) in [7, 11) is 1.32. The first-order valence-electron chi connectivity index (χ1n) is 10.3. The minimum Gasteiger partial charge on any atom is -0.478 e. The van der Waals surface area contributed by atoms with Crippen molar-refractivity contribution >= 4 is 24.6 Å². The second-order valence-corrected chi connectivity index (χ2v) is 7.82. The monoisotopic (exact) mass is 458 g/mol. The van der Waals surface area contributed by atoms with Crippen molar-refractivity contribution in [1.82, 2.24) is 9.78 Å². The summed E-state index contributed by atoms with van der Waals surface area (Å²) in [5, 5.41) is 12.6. The van der Waals surface area contributed by atoms with Crippen LogP contribution < -0.4 is 16.1 Å². The number of rotatable bonds is 5. The Morgan fingerprint density at radius 3 is 2.41 bits per heavy atom. The van der Waals surface area contributed by atoms with E-state index in [4.69, 9.17) is 14.3 Å². The predicted molar refractivity (Wildman–Crippen MR) is 127 cm³/mol. The minimum atomic E-state index is -1.05. The van der Waals surface area contributed by atoms with Gasteiger partial charge in [0.2, 0.25) is 0 Å². The number of H-pyrrole nitrogens is 1. The summed E-state index contributed by atoms with van der Waals surface area (Å²) < 4.78 is 12.1. The number of carboxylic acids is 1. The summed E-state index contributed by atoms with van der Waals surface area (Å²) in [5.74, 6) is -0.661. The van der Waals surface area contributed by atoms with Crippen LogP contribution in [0.15, 0.2) is 57.7 Å². The molecule has 8 heteroatoms. The molecule has 0 radical (unpaired) electrons. The Hall–Kier alpha value is -4.59. The van der Waals surface area contributed by atoms with Crippen LogP contribution in [0.4, 0.5) is 0 Å². The molecule has 0 atom stereocenters. The zero-order valence-corrected chi connectivity index (χ0v) is 18.8. The first-order chi connectivity index (χ1) is 16.2. The maximum Gasteiger partial charge on any atom is 0.338 e. The number of nitrogens with one attached hydrogen (secondary N) is 1. The van der Waals surface area contributed by atoms with Gasteiger partial charge in [-0.3, -0.25) is 9.89 Å². The molecule has 2 heterocycles. The van der Waals surface area contributed by atoms with Gasteiger partial charge in [-0.05, 0) is 79.6 Å². The fourth-order valence-corrected chi connectivity index (χ4v) is 3.60. The molecule has 2 N–H and O–H groups in total. The second kappa shape index (κ2) is 8.74. The molecule has 4 rings (SSSR count). The van der Waals surface area contributed by atoms with E-state index in [2.05, 4.69) is 11.7 Å². The number of aromatic carboxylic acids is 1. The van der Waals surface area contributed by atoms with Gasteiger partial charge in [0.15, 0.2) is 0 Å². The number of hydrogen-bond acceptors (Lipinski definition) is 5. The molecule has 2 aromatic carbocycles. The van der Waals surface area contributed by atoms with Gasteiger partial charge >= 0.3 is 11.9 Å². The number of carboxylic acid groups (broad SMARTS) is 1. The quantitative estimate of drug-likeness (QED) is 0.445. The van der Waals surface area contributed by atoms with Crippen molar-refractivity contribution in [3.8, 4) is 17.0 Å². The zero-order valence-electron chi connectivity index (χ0n) is 18.8. The lowest BCUT2D eigenvalue weighted by Gasteiger charge is -2.09. The number of aromatic amines is 1. The molecule has 0 amide bonds. The topological polar surface area (TPSA) is 115 Å². The van der Waals surface area contributed by atoms with E-state index in [1.54, 1.807) is 24.3 Å². The van der Waals surface area contributed by atoms with Crippen molar-refractivity contribution in [3.63, 3.8) is 0 Å². The average molecular weight is 458 g/mol. The van der Waals surface area contributed by atoms with Crippen LogP contribution in [0.2, 0.25) is 0 Å². The maximum absolute atomic E-state index is 13.0. The molecule has 172 valence electrons. The summed E-state index contributed by atoms with van der Waals surface area (Å²) in [6.45, 7) is 7.75. The Morgan fingerprint density at radius 1 is 1.09 bits per heavy atom. The van der Waals surface area contributed by atoms with Gasteiger partial charge in [0.1, 0.15) is 11.5 Å². The number of carbonyl (C=O) groups is 2. The van der Waals surface area contributed by atoms with Crippen LogP contribution in [-0.2, 0) is 4.74 Å². The largest absolute Gasteiger partial charge is 0.478 e. The third-order valence-electron chi connectivity index (χ3n) is 5.60. The van der Waals surface area contributed by atoms with E-state index in [0.29, 0.717) is 33.7 Å². The third-order valence-corrected chi connectivity index (χ3v) is 5.60. The fourth-order valence-electron chi connectivity index (χ4n) is 3.60. The molecular weight excluding hydrogens is 436 g/mol. The second-order valence-electron chi connectivity index (χ2n) is 7.82. The minimum absolute atomic E-state index is 0.116. The van der Waals surface area contributed by atoms with Crippen LogP contribution >= 0.6 is 0 Å². The molecule has 0 aliphatic carbocycles. The summed E-state index contributed by atoms with van der Waals surface area (Å²) in [6.07, 6.45) is 1.56. The highest BCUT2D eigenvalue weighted by molar-refractivity contribution is 5.97. The lowest BCUT2D eigenvalue weighted by Crippen LogP contribution is -2.33. The predicted octanol–water partition coefficient (Wildman–Crippen LogP) is 2.77. The summed E-state index contributed by atoms with van der Waals surface area (Å²) in [4.78, 5) is 36.4. The van der Waals surface area contributed by atoms with Gasteiger partial charge in [0.05, 0.1) is 34.5 Å². The van der Waals surface area contributed by atoms with Gasteiger partial charge < -0.3 is 14.3 Å². The number of nitrogens with zero attached hydrogens (tertiary/aromatic N) is 1. The van der Waals surface area contributed by atoms with E-state index in [1.807, 2.05) is 19.9 Å². The zero-order chi connectivity index (χ0) is 24.6. The summed E-state index contributed by atoms with van der Waals surface area (Å²) in [5.41, 5.74) is 3.14. The molecule has 0 aliphatic rings. The van der Waals surface area contributed by atoms with E-state index in [-0.39, 0.29) is 16.3 Å². The molecule has 34 heavy (non-hydrogen) atoms. The van der Waals surface area contributed by atoms with Gasteiger partial charge in [-0.15, -0.1) is 0 Å². The number of esters is 1. The van der Waals surface area contributed by atoms with E-state index >= 15 is 0 Å². The molecule has 8 nitrogen and oxygen atoms in total. The maximum atomic E-state index is 13.0. The van der Waals surface area contributed by atoms with E-state index in [1.165, 1.54) is 36.1 Å². The molecule has 0 bridgehead atoms. The van der Waals surface area contributed by atoms with Gasteiger partial charge in [0, 0.05) is 5.56 Å². The highest BCUT2D eigenvalue weighted by Gasteiger charge is 2.17. The molecule has 0 aliphatic heterocycles. The first kappa shape index (κ1) is 22.6. The van der Waals surface area contributed by atoms with Gasteiger partial charge in [-0.2, -0.15) is 0 Å². The van der Waals surface area contributed by atoms with Crippen molar-refractivity contribution in [2.45, 2.75) is 13.8 Å². The number of benzene rings is 2. The van der Waals surface area contributed by atoms with Crippen molar-refractivity contribution in [1.29, 1.82) is 0 Å². The summed E-state index contributed by atoms with van der Waals surface area (Å²) >= 11 is 0. The SMILES string of the molecule is C=c1[nH]n(-c2ccc(C(=O)O)cc2)c(=O)/c1=C\c1ccc(-c2cc(C)c(C)cc2C(=O)OC)o1. The van der Waals surface area contributed by atoms with Crippen molar-refractivity contribution in [2.75, 3.05) is 7.11 Å². The normalized spacial score (nSPS) is 11.6. The number of aryl methyl sites for hydroxylation is 2. The Bertz CT molecular complexity index is 1590. The average Bonchev–Trinajstić information content (AvgIpc) is 3.40. The van der Waals surface area contributed by atoms with Crippen LogP contribution in [0.3, 0.4) is 0 Å². The van der Waals surface area contributed by atoms with Crippen LogP contribution in [0.1, 0.15) is 37.6 Å². The number of furan rings is 1. The lowest BCUT2D eigenvalue weighted by molar-refractivity contribution is 0.0600. The standard InChI is InChI=1S/C26H22N2O6/c1-14-11-21(22(12-15(14)2)26(32)33-4)23-10-9-19(34-23)13-20-16(3)27-28(24(20)29)18-7-5-17(6-8-18)25(30)31/h5-13,27H,3H2,1-2,4H3,(H,30,31)/b20-13-. The number of aromatic nitrogens is 2. The molecule has 0 saturated heterocycles. The molecule has 0 spiro atoms. The van der Waals surface area contributed by atoms with E-state index in [9.17, 15) is 14.4 Å². The molecule has 0 saturated carbocycles. The van der Waals surface area contributed by atoms with Gasteiger partial charge in [-0.1, -0.05) is 6.58 Å². The number of carbonyl (C=O) groups excluding carboxylic acids is 1. The van der Waals surface area contributed by atoms with Crippen LogP contribution in [0.25, 0.3) is 29.7 Å². The smallest absolute Gasteiger partial charge is 0.338 e. The lowest BCUT2D eigenvalue weighted by atomic mass is 9.98. The molecular formula is C26H22N2O6. The van der Waals surface area contributed by atoms with Gasteiger partial charge in [-0.25, -0.2) is 14.3 Å². The van der Waals surface area contributed by atoms with Crippen LogP contribution in [0.5, 0.6) is 0 Å².